The zero-order valence-electron chi connectivity index (χ0n) is 25.2. The number of ether oxygens (including phenoxy) is 3. The summed E-state index contributed by atoms with van der Waals surface area (Å²) in [6.07, 6.45) is -15.9. The Morgan fingerprint density at radius 2 is 1.27 bits per heavy atom. The molecule has 1 aromatic heterocycles. The molecule has 0 aliphatic carbocycles. The standard InChI is InChI=1S/C29H32F14N2O3/c1-2-7-21(30)13-15-47-22-16-44-23(45-17-22)20-11-9-19(10-12-20)8-5-3-4-6-14-46-18-24(31,32)28(40,41)48-29(42,43)26(35,36)25(33,34)27(37,38)39/h9-12,16-17,21H,2-8,13-15,18H2,1H3/t21-/m1/s1. The fraction of sp³-hybridized carbons (Fsp3) is 0.655. The molecule has 0 radical (unpaired) electrons. The van der Waals surface area contributed by atoms with Crippen LogP contribution in [0.2, 0.25) is 0 Å². The summed E-state index contributed by atoms with van der Waals surface area (Å²) >= 11 is 0. The second-order valence-corrected chi connectivity index (χ2v) is 10.7. The lowest BCUT2D eigenvalue weighted by Crippen LogP contribution is -2.64. The molecular weight excluding hydrogens is 690 g/mol. The topological polar surface area (TPSA) is 53.5 Å². The second kappa shape index (κ2) is 16.6. The molecule has 274 valence electrons. The van der Waals surface area contributed by atoms with Crippen LogP contribution in [-0.4, -0.2) is 72.1 Å². The average Bonchev–Trinajstić information content (AvgIpc) is 2.98. The summed E-state index contributed by atoms with van der Waals surface area (Å²) in [5.41, 5.74) is 1.62. The maximum atomic E-state index is 13.7. The Morgan fingerprint density at radius 1 is 0.688 bits per heavy atom. The number of rotatable bonds is 21. The highest BCUT2D eigenvalue weighted by atomic mass is 19.4. The number of alkyl halides is 14. The number of benzene rings is 1. The van der Waals surface area contributed by atoms with Crippen LogP contribution >= 0.6 is 0 Å². The minimum Gasteiger partial charge on any atom is -0.490 e. The van der Waals surface area contributed by atoms with Gasteiger partial charge in [0.1, 0.15) is 12.8 Å². The van der Waals surface area contributed by atoms with Crippen molar-refractivity contribution in [3.05, 3.63) is 42.2 Å². The number of hydrogen-bond acceptors (Lipinski definition) is 5. The number of aryl methyl sites for hydroxylation is 1. The normalized spacial score (nSPS) is 14.3. The number of hydrogen-bond donors (Lipinski definition) is 0. The van der Waals surface area contributed by atoms with Crippen molar-refractivity contribution in [1.82, 2.24) is 9.97 Å². The molecule has 1 heterocycles. The lowest BCUT2D eigenvalue weighted by atomic mass is 10.0. The van der Waals surface area contributed by atoms with E-state index in [0.29, 0.717) is 49.2 Å². The van der Waals surface area contributed by atoms with Crippen molar-refractivity contribution in [3.63, 3.8) is 0 Å². The fourth-order valence-electron chi connectivity index (χ4n) is 3.95. The molecule has 48 heavy (non-hydrogen) atoms. The molecule has 1 atom stereocenters. The maximum absolute atomic E-state index is 13.7. The molecule has 0 aliphatic heterocycles. The van der Waals surface area contributed by atoms with Gasteiger partial charge in [-0.2, -0.15) is 57.1 Å². The molecule has 0 N–H and O–H groups in total. The molecule has 0 aliphatic rings. The summed E-state index contributed by atoms with van der Waals surface area (Å²) in [4.78, 5) is 8.46. The summed E-state index contributed by atoms with van der Waals surface area (Å²) in [5, 5.41) is 0. The Kier molecular flexibility index (Phi) is 14.3. The molecule has 0 unspecified atom stereocenters. The molecule has 0 spiro atoms. The summed E-state index contributed by atoms with van der Waals surface area (Å²) in [6.45, 7) is -0.960. The molecule has 0 fully saturated rings. The molecular formula is C29H32F14N2O3. The van der Waals surface area contributed by atoms with E-state index in [1.807, 2.05) is 23.8 Å². The van der Waals surface area contributed by atoms with Gasteiger partial charge in [0.25, 0.3) is 0 Å². The van der Waals surface area contributed by atoms with Gasteiger partial charge in [0.05, 0.1) is 19.0 Å². The van der Waals surface area contributed by atoms with Gasteiger partial charge in [0.15, 0.2) is 11.6 Å². The average molecular weight is 723 g/mol. The van der Waals surface area contributed by atoms with Crippen LogP contribution in [0.4, 0.5) is 61.5 Å². The van der Waals surface area contributed by atoms with Gasteiger partial charge < -0.3 is 9.47 Å². The molecule has 2 rings (SSSR count). The quantitative estimate of drug-likeness (QED) is 0.0949. The maximum Gasteiger partial charge on any atom is 0.460 e. The van der Waals surface area contributed by atoms with Crippen molar-refractivity contribution < 1.29 is 75.7 Å². The van der Waals surface area contributed by atoms with Gasteiger partial charge in [-0.25, -0.2) is 19.1 Å². The van der Waals surface area contributed by atoms with Crippen molar-refractivity contribution >= 4 is 0 Å². The summed E-state index contributed by atoms with van der Waals surface area (Å²) in [6, 6.07) is 7.18. The van der Waals surface area contributed by atoms with E-state index in [0.717, 1.165) is 12.0 Å². The van der Waals surface area contributed by atoms with Gasteiger partial charge in [0.2, 0.25) is 0 Å². The summed E-state index contributed by atoms with van der Waals surface area (Å²) in [7, 11) is 0. The van der Waals surface area contributed by atoms with E-state index < -0.39 is 55.5 Å². The van der Waals surface area contributed by atoms with Gasteiger partial charge in [0, 0.05) is 18.6 Å². The Labute approximate surface area is 266 Å². The van der Waals surface area contributed by atoms with Gasteiger partial charge in [-0.3, -0.25) is 0 Å². The molecule has 19 heteroatoms. The molecule has 5 nitrogen and oxygen atoms in total. The Bertz CT molecular complexity index is 1240. The Balaban J connectivity index is 1.73. The van der Waals surface area contributed by atoms with Crippen LogP contribution in [0.25, 0.3) is 11.4 Å². The van der Waals surface area contributed by atoms with Crippen molar-refractivity contribution in [2.45, 2.75) is 101 Å². The van der Waals surface area contributed by atoms with Crippen LogP contribution in [0.1, 0.15) is 57.4 Å². The third kappa shape index (κ3) is 10.8. The predicted octanol–water partition coefficient (Wildman–Crippen LogP) is 9.84. The number of aromatic nitrogens is 2. The Morgan fingerprint density at radius 3 is 1.83 bits per heavy atom. The highest BCUT2D eigenvalue weighted by molar-refractivity contribution is 5.55. The molecule has 0 saturated carbocycles. The molecule has 0 amide bonds. The summed E-state index contributed by atoms with van der Waals surface area (Å²) < 4.78 is 194. The van der Waals surface area contributed by atoms with E-state index in [1.165, 1.54) is 12.4 Å². The van der Waals surface area contributed by atoms with Crippen molar-refractivity contribution in [2.75, 3.05) is 19.8 Å². The zero-order valence-corrected chi connectivity index (χ0v) is 25.2. The van der Waals surface area contributed by atoms with Gasteiger partial charge in [-0.1, -0.05) is 50.5 Å². The van der Waals surface area contributed by atoms with Crippen LogP contribution in [0.15, 0.2) is 36.7 Å². The van der Waals surface area contributed by atoms with E-state index >= 15 is 0 Å². The minimum atomic E-state index is -7.67. The first-order valence-corrected chi connectivity index (χ1v) is 14.5. The minimum absolute atomic E-state index is 0.00235. The first-order chi connectivity index (χ1) is 22.1. The summed E-state index contributed by atoms with van der Waals surface area (Å²) in [5.74, 6) is -20.3. The van der Waals surface area contributed by atoms with E-state index in [9.17, 15) is 61.5 Å². The third-order valence-corrected chi connectivity index (χ3v) is 6.73. The van der Waals surface area contributed by atoms with Crippen LogP contribution < -0.4 is 4.74 Å². The van der Waals surface area contributed by atoms with E-state index in [-0.39, 0.29) is 19.4 Å². The van der Waals surface area contributed by atoms with Gasteiger partial charge >= 0.3 is 36.2 Å². The molecule has 2 aromatic rings. The van der Waals surface area contributed by atoms with E-state index in [2.05, 4.69) is 14.7 Å². The fourth-order valence-corrected chi connectivity index (χ4v) is 3.95. The zero-order chi connectivity index (χ0) is 36.4. The lowest BCUT2D eigenvalue weighted by molar-refractivity contribution is -0.503. The highest BCUT2D eigenvalue weighted by Crippen LogP contribution is 2.55. The third-order valence-electron chi connectivity index (χ3n) is 6.73. The molecule has 1 aromatic carbocycles. The van der Waals surface area contributed by atoms with E-state index in [4.69, 9.17) is 4.74 Å². The smallest absolute Gasteiger partial charge is 0.460 e. The van der Waals surface area contributed by atoms with Crippen LogP contribution in [0.5, 0.6) is 5.75 Å². The number of nitrogens with zero attached hydrogens (tertiary/aromatic N) is 2. The Hall–Kier alpha value is -2.96. The highest BCUT2D eigenvalue weighted by Gasteiger charge is 2.84. The van der Waals surface area contributed by atoms with Crippen molar-refractivity contribution in [3.8, 4) is 17.1 Å². The van der Waals surface area contributed by atoms with E-state index in [1.54, 1.807) is 12.1 Å². The largest absolute Gasteiger partial charge is 0.490 e. The van der Waals surface area contributed by atoms with Crippen LogP contribution in [-0.2, 0) is 15.9 Å². The van der Waals surface area contributed by atoms with Gasteiger partial charge in [-0.15, -0.1) is 0 Å². The molecule has 0 bridgehead atoms. The monoisotopic (exact) mass is 722 g/mol. The first-order valence-electron chi connectivity index (χ1n) is 14.5. The van der Waals surface area contributed by atoms with Crippen molar-refractivity contribution in [1.29, 1.82) is 0 Å². The predicted molar refractivity (Wildman–Crippen MR) is 142 cm³/mol. The van der Waals surface area contributed by atoms with Crippen LogP contribution in [0.3, 0.4) is 0 Å². The number of halogens is 14. The second-order valence-electron chi connectivity index (χ2n) is 10.7. The van der Waals surface area contributed by atoms with Crippen molar-refractivity contribution in [2.24, 2.45) is 0 Å². The van der Waals surface area contributed by atoms with Gasteiger partial charge in [-0.05, 0) is 31.2 Å². The lowest BCUT2D eigenvalue weighted by Gasteiger charge is -2.36. The van der Waals surface area contributed by atoms with Crippen LogP contribution in [0, 0.1) is 0 Å². The first kappa shape index (κ1) is 41.2. The SMILES string of the molecule is CCC[C@@H](F)CCOc1cnc(-c2ccc(CCCCCCOCC(F)(F)C(F)(F)OC(F)(F)C(F)(F)C(F)(F)C(F)(F)F)cc2)nc1. The number of unbranched alkanes of at least 4 members (excludes halogenated alkanes) is 3. The molecule has 0 saturated heterocycles.